The number of nitrogens with one attached hydrogen (secondary N) is 3. The number of hydrogen-bond acceptors (Lipinski definition) is 5. The molecule has 2 unspecified atom stereocenters. The summed E-state index contributed by atoms with van der Waals surface area (Å²) in [7, 11) is 3.01. The van der Waals surface area contributed by atoms with Crippen molar-refractivity contribution in [3.8, 4) is 11.5 Å². The summed E-state index contributed by atoms with van der Waals surface area (Å²) in [5.41, 5.74) is 0.449. The molecule has 4 amide bonds. The van der Waals surface area contributed by atoms with Gasteiger partial charge in [-0.05, 0) is 19.1 Å². The van der Waals surface area contributed by atoms with Gasteiger partial charge in [0.25, 0.3) is 0 Å². The predicted molar refractivity (Wildman–Crippen MR) is 82.4 cm³/mol. The van der Waals surface area contributed by atoms with Crippen LogP contribution in [0.4, 0.5) is 10.5 Å². The van der Waals surface area contributed by atoms with Crippen molar-refractivity contribution in [1.29, 1.82) is 0 Å². The lowest BCUT2D eigenvalue weighted by Crippen LogP contribution is -2.57. The number of anilines is 1. The van der Waals surface area contributed by atoms with Crippen LogP contribution in [-0.2, 0) is 9.59 Å². The van der Waals surface area contributed by atoms with Crippen molar-refractivity contribution in [3.63, 3.8) is 0 Å². The largest absolute Gasteiger partial charge is 0.497 e. The van der Waals surface area contributed by atoms with Crippen molar-refractivity contribution in [2.45, 2.75) is 19.4 Å². The number of imide groups is 1. The number of amides is 4. The Morgan fingerprint density at radius 2 is 2.00 bits per heavy atom. The second-order valence-electron chi connectivity index (χ2n) is 5.18. The minimum absolute atomic E-state index is 0.0619. The average Bonchev–Trinajstić information content (AvgIpc) is 2.50. The van der Waals surface area contributed by atoms with E-state index < -0.39 is 23.9 Å². The summed E-state index contributed by atoms with van der Waals surface area (Å²) in [6.07, 6.45) is -0.0619. The van der Waals surface area contributed by atoms with E-state index in [0.717, 1.165) is 0 Å². The Bertz CT molecular complexity index is 632. The third kappa shape index (κ3) is 3.91. The zero-order valence-electron chi connectivity index (χ0n) is 13.1. The molecule has 0 aromatic heterocycles. The van der Waals surface area contributed by atoms with E-state index >= 15 is 0 Å². The molecular weight excluding hydrogens is 302 g/mol. The molecule has 1 aromatic carbocycles. The first-order valence-corrected chi connectivity index (χ1v) is 7.07. The van der Waals surface area contributed by atoms with Crippen molar-refractivity contribution in [2.24, 2.45) is 5.92 Å². The third-order valence-electron chi connectivity index (χ3n) is 3.62. The van der Waals surface area contributed by atoms with Gasteiger partial charge in [0.2, 0.25) is 11.8 Å². The van der Waals surface area contributed by atoms with Crippen LogP contribution in [0, 0.1) is 5.92 Å². The van der Waals surface area contributed by atoms with Crippen LogP contribution in [0.5, 0.6) is 11.5 Å². The lowest BCUT2D eigenvalue weighted by Gasteiger charge is -2.28. The Kier molecular flexibility index (Phi) is 5.05. The molecule has 1 aliphatic heterocycles. The molecule has 1 aliphatic rings. The summed E-state index contributed by atoms with van der Waals surface area (Å²) in [4.78, 5) is 35.2. The number of benzene rings is 1. The monoisotopic (exact) mass is 321 g/mol. The Labute approximate surface area is 133 Å². The first kappa shape index (κ1) is 16.6. The molecule has 1 aromatic rings. The Hall–Kier alpha value is -2.77. The SMILES string of the molecule is COc1ccc(OC)c(NC(=O)CC2C(=O)NC(=O)NC2C)c1. The van der Waals surface area contributed by atoms with E-state index in [0.29, 0.717) is 17.2 Å². The topological polar surface area (TPSA) is 106 Å². The van der Waals surface area contributed by atoms with Gasteiger partial charge in [0.05, 0.1) is 25.8 Å². The molecule has 124 valence electrons. The van der Waals surface area contributed by atoms with Gasteiger partial charge in [-0.1, -0.05) is 0 Å². The standard InChI is InChI=1S/C15H19N3O5/c1-8-10(14(20)18-15(21)16-8)7-13(19)17-11-6-9(22-2)4-5-12(11)23-3/h4-6,8,10H,7H2,1-3H3,(H,17,19)(H2,16,18,20,21). The zero-order valence-corrected chi connectivity index (χ0v) is 13.1. The molecule has 0 bridgehead atoms. The first-order chi connectivity index (χ1) is 10.9. The second-order valence-corrected chi connectivity index (χ2v) is 5.18. The molecule has 0 radical (unpaired) electrons. The second kappa shape index (κ2) is 6.99. The zero-order chi connectivity index (χ0) is 17.0. The Balaban J connectivity index is 2.07. The van der Waals surface area contributed by atoms with E-state index in [9.17, 15) is 14.4 Å². The van der Waals surface area contributed by atoms with Gasteiger partial charge in [0.1, 0.15) is 11.5 Å². The van der Waals surface area contributed by atoms with Crippen LogP contribution in [0.1, 0.15) is 13.3 Å². The maximum absolute atomic E-state index is 12.2. The Morgan fingerprint density at radius 3 is 2.61 bits per heavy atom. The molecule has 3 N–H and O–H groups in total. The maximum Gasteiger partial charge on any atom is 0.321 e. The molecule has 1 heterocycles. The molecule has 0 spiro atoms. The van der Waals surface area contributed by atoms with Crippen molar-refractivity contribution in [3.05, 3.63) is 18.2 Å². The molecule has 2 atom stereocenters. The fourth-order valence-corrected chi connectivity index (χ4v) is 2.36. The smallest absolute Gasteiger partial charge is 0.321 e. The average molecular weight is 321 g/mol. The van der Waals surface area contributed by atoms with Crippen LogP contribution in [0.3, 0.4) is 0 Å². The van der Waals surface area contributed by atoms with Crippen molar-refractivity contribution < 1.29 is 23.9 Å². The first-order valence-electron chi connectivity index (χ1n) is 7.07. The predicted octanol–water partition coefficient (Wildman–Crippen LogP) is 0.876. The number of carbonyl (C=O) groups excluding carboxylic acids is 3. The number of rotatable bonds is 5. The molecular formula is C15H19N3O5. The number of ether oxygens (including phenoxy) is 2. The van der Waals surface area contributed by atoms with Gasteiger partial charge in [0.15, 0.2) is 0 Å². The quantitative estimate of drug-likeness (QED) is 0.746. The lowest BCUT2D eigenvalue weighted by molar-refractivity contribution is -0.129. The summed E-state index contributed by atoms with van der Waals surface area (Å²) in [6.45, 7) is 1.68. The molecule has 0 saturated carbocycles. The van der Waals surface area contributed by atoms with E-state index in [1.165, 1.54) is 14.2 Å². The van der Waals surface area contributed by atoms with Gasteiger partial charge in [-0.3, -0.25) is 14.9 Å². The molecule has 23 heavy (non-hydrogen) atoms. The third-order valence-corrected chi connectivity index (χ3v) is 3.62. The fourth-order valence-electron chi connectivity index (χ4n) is 2.36. The Morgan fingerprint density at radius 1 is 1.26 bits per heavy atom. The highest BCUT2D eigenvalue weighted by Gasteiger charge is 2.34. The number of hydrogen-bond donors (Lipinski definition) is 3. The van der Waals surface area contributed by atoms with E-state index in [1.807, 2.05) is 0 Å². The number of carbonyl (C=O) groups is 3. The summed E-state index contributed by atoms with van der Waals surface area (Å²) in [5.74, 6) is -0.413. The molecule has 1 fully saturated rings. The normalized spacial score (nSPS) is 20.3. The van der Waals surface area contributed by atoms with Gasteiger partial charge in [-0.15, -0.1) is 0 Å². The molecule has 1 saturated heterocycles. The maximum atomic E-state index is 12.2. The summed E-state index contributed by atoms with van der Waals surface area (Å²) < 4.78 is 10.3. The summed E-state index contributed by atoms with van der Waals surface area (Å²) in [6, 6.07) is 4.04. The van der Waals surface area contributed by atoms with E-state index in [-0.39, 0.29) is 12.3 Å². The highest BCUT2D eigenvalue weighted by molar-refractivity contribution is 6.01. The highest BCUT2D eigenvalue weighted by Crippen LogP contribution is 2.29. The molecule has 2 rings (SSSR count). The van der Waals surface area contributed by atoms with Crippen molar-refractivity contribution in [1.82, 2.24) is 10.6 Å². The summed E-state index contributed by atoms with van der Waals surface area (Å²) in [5, 5.41) is 7.43. The number of methoxy groups -OCH3 is 2. The van der Waals surface area contributed by atoms with Gasteiger partial charge in [-0.2, -0.15) is 0 Å². The van der Waals surface area contributed by atoms with E-state index in [2.05, 4.69) is 16.0 Å². The van der Waals surface area contributed by atoms with Crippen LogP contribution in [0.15, 0.2) is 18.2 Å². The lowest BCUT2D eigenvalue weighted by atomic mass is 9.94. The van der Waals surface area contributed by atoms with Gasteiger partial charge in [-0.25, -0.2) is 4.79 Å². The van der Waals surface area contributed by atoms with E-state index in [4.69, 9.17) is 9.47 Å². The molecule has 8 nitrogen and oxygen atoms in total. The van der Waals surface area contributed by atoms with Crippen LogP contribution in [0.2, 0.25) is 0 Å². The van der Waals surface area contributed by atoms with E-state index in [1.54, 1.807) is 25.1 Å². The van der Waals surface area contributed by atoms with Gasteiger partial charge in [0, 0.05) is 18.5 Å². The highest BCUT2D eigenvalue weighted by atomic mass is 16.5. The fraction of sp³-hybridized carbons (Fsp3) is 0.400. The van der Waals surface area contributed by atoms with Crippen molar-refractivity contribution in [2.75, 3.05) is 19.5 Å². The van der Waals surface area contributed by atoms with Gasteiger partial charge < -0.3 is 20.1 Å². The number of urea groups is 1. The minimum Gasteiger partial charge on any atom is -0.497 e. The molecule has 8 heteroatoms. The van der Waals surface area contributed by atoms with Crippen molar-refractivity contribution >= 4 is 23.5 Å². The van der Waals surface area contributed by atoms with Crippen LogP contribution in [0.25, 0.3) is 0 Å². The summed E-state index contributed by atoms with van der Waals surface area (Å²) >= 11 is 0. The van der Waals surface area contributed by atoms with Crippen LogP contribution < -0.4 is 25.4 Å². The molecule has 0 aliphatic carbocycles. The van der Waals surface area contributed by atoms with Gasteiger partial charge >= 0.3 is 6.03 Å². The van der Waals surface area contributed by atoms with Crippen LogP contribution in [-0.4, -0.2) is 38.1 Å². The minimum atomic E-state index is -0.635. The van der Waals surface area contributed by atoms with Crippen LogP contribution >= 0.6 is 0 Å².